The third kappa shape index (κ3) is 4.18. The molecule has 130 valence electrons. The highest BCUT2D eigenvalue weighted by Gasteiger charge is 2.33. The average Bonchev–Trinajstić information content (AvgIpc) is 3.14. The van der Waals surface area contributed by atoms with E-state index in [-0.39, 0.29) is 12.6 Å². The molecule has 25 heavy (non-hydrogen) atoms. The molecular formula is C16H16N4O3S2. The van der Waals surface area contributed by atoms with Gasteiger partial charge in [0.15, 0.2) is 4.34 Å². The number of hydrogen-bond donors (Lipinski definition) is 2. The van der Waals surface area contributed by atoms with E-state index in [1.165, 1.54) is 23.1 Å². The minimum Gasteiger partial charge on any atom is -0.463 e. The summed E-state index contributed by atoms with van der Waals surface area (Å²) in [6, 6.07) is 8.43. The summed E-state index contributed by atoms with van der Waals surface area (Å²) >= 11 is 2.81. The summed E-state index contributed by atoms with van der Waals surface area (Å²) in [6.45, 7) is 2.01. The van der Waals surface area contributed by atoms with Crippen LogP contribution in [0.5, 0.6) is 0 Å². The van der Waals surface area contributed by atoms with Gasteiger partial charge in [0, 0.05) is 11.4 Å². The number of carbonyl (C=O) groups is 2. The Bertz CT molecular complexity index is 778. The third-order valence-corrected chi connectivity index (χ3v) is 5.35. The Morgan fingerprint density at radius 2 is 2.16 bits per heavy atom. The molecule has 1 aliphatic rings. The standard InChI is InChI=1S/C16H16N4O3S2/c1-2-23-14(21)12-11(8-24-16-20-17-9-25-16)18-15(22)19-13(12)10-6-4-3-5-7-10/h3-7,9,13H,2,8H2,1H3,(H2,18,19,22)/t13-/m1/s1. The van der Waals surface area contributed by atoms with Crippen LogP contribution < -0.4 is 10.6 Å². The molecule has 0 aliphatic carbocycles. The molecule has 1 atom stereocenters. The van der Waals surface area contributed by atoms with Crippen molar-refractivity contribution in [2.75, 3.05) is 12.4 Å². The van der Waals surface area contributed by atoms with Crippen molar-refractivity contribution in [3.63, 3.8) is 0 Å². The third-order valence-electron chi connectivity index (χ3n) is 3.46. The first-order valence-corrected chi connectivity index (χ1v) is 9.47. The molecule has 1 aromatic heterocycles. The monoisotopic (exact) mass is 376 g/mol. The predicted molar refractivity (Wildman–Crippen MR) is 95.1 cm³/mol. The summed E-state index contributed by atoms with van der Waals surface area (Å²) in [5.41, 5.74) is 3.39. The maximum atomic E-state index is 12.6. The van der Waals surface area contributed by atoms with Crippen molar-refractivity contribution >= 4 is 35.1 Å². The molecule has 0 saturated heterocycles. The van der Waals surface area contributed by atoms with E-state index in [1.807, 2.05) is 30.3 Å². The fourth-order valence-corrected chi connectivity index (χ4v) is 3.89. The molecule has 0 bridgehead atoms. The van der Waals surface area contributed by atoms with E-state index in [9.17, 15) is 9.59 Å². The van der Waals surface area contributed by atoms with Gasteiger partial charge in [-0.05, 0) is 12.5 Å². The molecule has 2 N–H and O–H groups in total. The molecule has 1 aliphatic heterocycles. The lowest BCUT2D eigenvalue weighted by molar-refractivity contribution is -0.139. The van der Waals surface area contributed by atoms with Crippen molar-refractivity contribution in [1.29, 1.82) is 0 Å². The number of nitrogens with zero attached hydrogens (tertiary/aromatic N) is 2. The zero-order chi connectivity index (χ0) is 17.6. The maximum Gasteiger partial charge on any atom is 0.338 e. The number of thioether (sulfide) groups is 1. The number of rotatable bonds is 6. The van der Waals surface area contributed by atoms with Crippen molar-refractivity contribution in [3.05, 3.63) is 52.7 Å². The Morgan fingerprint density at radius 1 is 1.36 bits per heavy atom. The summed E-state index contributed by atoms with van der Waals surface area (Å²) in [5, 5.41) is 13.3. The highest BCUT2D eigenvalue weighted by atomic mass is 32.2. The average molecular weight is 376 g/mol. The highest BCUT2D eigenvalue weighted by molar-refractivity contribution is 8.01. The maximum absolute atomic E-state index is 12.6. The van der Waals surface area contributed by atoms with E-state index >= 15 is 0 Å². The van der Waals surface area contributed by atoms with Gasteiger partial charge in [0.2, 0.25) is 0 Å². The first kappa shape index (κ1) is 17.4. The van der Waals surface area contributed by atoms with Crippen LogP contribution in [0.1, 0.15) is 18.5 Å². The van der Waals surface area contributed by atoms with Gasteiger partial charge in [-0.25, -0.2) is 9.59 Å². The molecule has 0 saturated carbocycles. The van der Waals surface area contributed by atoms with E-state index in [1.54, 1.807) is 12.4 Å². The molecule has 0 unspecified atom stereocenters. The molecule has 0 fully saturated rings. The summed E-state index contributed by atoms with van der Waals surface area (Å²) in [4.78, 5) is 24.7. The van der Waals surface area contributed by atoms with Crippen molar-refractivity contribution in [3.8, 4) is 0 Å². The Balaban J connectivity index is 1.96. The summed E-state index contributed by atoms with van der Waals surface area (Å²) in [7, 11) is 0. The molecule has 0 spiro atoms. The number of nitrogens with one attached hydrogen (secondary N) is 2. The molecule has 9 heteroatoms. The van der Waals surface area contributed by atoms with Gasteiger partial charge < -0.3 is 15.4 Å². The normalized spacial score (nSPS) is 17.0. The Labute approximate surface area is 152 Å². The molecule has 0 radical (unpaired) electrons. The number of carbonyl (C=O) groups excluding carboxylic acids is 2. The fraction of sp³-hybridized carbons (Fsp3) is 0.250. The van der Waals surface area contributed by atoms with Gasteiger partial charge in [0.1, 0.15) is 5.51 Å². The molecular weight excluding hydrogens is 360 g/mol. The van der Waals surface area contributed by atoms with Crippen LogP contribution in [0.25, 0.3) is 0 Å². The van der Waals surface area contributed by atoms with E-state index in [0.29, 0.717) is 17.0 Å². The van der Waals surface area contributed by atoms with Crippen LogP contribution >= 0.6 is 23.1 Å². The van der Waals surface area contributed by atoms with Crippen LogP contribution in [-0.4, -0.2) is 34.6 Å². The molecule has 3 rings (SSSR count). The van der Waals surface area contributed by atoms with Crippen LogP contribution in [0.15, 0.2) is 51.5 Å². The van der Waals surface area contributed by atoms with E-state index in [4.69, 9.17) is 4.74 Å². The van der Waals surface area contributed by atoms with Crippen molar-refractivity contribution < 1.29 is 14.3 Å². The van der Waals surface area contributed by atoms with Crippen molar-refractivity contribution in [2.45, 2.75) is 17.3 Å². The largest absolute Gasteiger partial charge is 0.463 e. The van der Waals surface area contributed by atoms with Gasteiger partial charge in [-0.2, -0.15) is 0 Å². The smallest absolute Gasteiger partial charge is 0.338 e. The van der Waals surface area contributed by atoms with Gasteiger partial charge in [0.05, 0.1) is 18.2 Å². The van der Waals surface area contributed by atoms with Gasteiger partial charge >= 0.3 is 12.0 Å². The number of amides is 2. The second kappa shape index (κ2) is 8.13. The SMILES string of the molecule is CCOC(=O)C1=C(CSc2nncs2)NC(=O)N[C@@H]1c1ccccc1. The molecule has 1 aromatic carbocycles. The predicted octanol–water partition coefficient (Wildman–Crippen LogP) is 2.50. The summed E-state index contributed by atoms with van der Waals surface area (Å²) in [6.07, 6.45) is 0. The molecule has 2 heterocycles. The number of aromatic nitrogens is 2. The van der Waals surface area contributed by atoms with Crippen LogP contribution in [0.2, 0.25) is 0 Å². The molecule has 2 aromatic rings. The van der Waals surface area contributed by atoms with Crippen LogP contribution in [-0.2, 0) is 9.53 Å². The second-order valence-electron chi connectivity index (χ2n) is 5.05. The van der Waals surface area contributed by atoms with E-state index in [0.717, 1.165) is 9.90 Å². The topological polar surface area (TPSA) is 93.2 Å². The Kier molecular flexibility index (Phi) is 5.67. The quantitative estimate of drug-likeness (QED) is 0.594. The zero-order valence-electron chi connectivity index (χ0n) is 13.4. The van der Waals surface area contributed by atoms with Gasteiger partial charge in [-0.15, -0.1) is 10.2 Å². The summed E-state index contributed by atoms with van der Waals surface area (Å²) < 4.78 is 5.98. The summed E-state index contributed by atoms with van der Waals surface area (Å²) in [5.74, 6) is -0.0585. The number of ether oxygens (including phenoxy) is 1. The number of esters is 1. The minimum atomic E-state index is -0.556. The van der Waals surface area contributed by atoms with Gasteiger partial charge in [-0.1, -0.05) is 53.4 Å². The Hall–Kier alpha value is -2.39. The fourth-order valence-electron chi connectivity index (χ4n) is 2.44. The van der Waals surface area contributed by atoms with Crippen LogP contribution in [0.3, 0.4) is 0 Å². The van der Waals surface area contributed by atoms with Crippen molar-refractivity contribution in [1.82, 2.24) is 20.8 Å². The Morgan fingerprint density at radius 3 is 2.84 bits per heavy atom. The first-order valence-electron chi connectivity index (χ1n) is 7.60. The van der Waals surface area contributed by atoms with Crippen molar-refractivity contribution in [2.24, 2.45) is 0 Å². The van der Waals surface area contributed by atoms with E-state index < -0.39 is 12.0 Å². The number of benzene rings is 1. The lowest BCUT2D eigenvalue weighted by Crippen LogP contribution is -2.46. The lowest BCUT2D eigenvalue weighted by Gasteiger charge is -2.29. The molecule has 7 nitrogen and oxygen atoms in total. The minimum absolute atomic E-state index is 0.259. The first-order chi connectivity index (χ1) is 12.2. The lowest BCUT2D eigenvalue weighted by atomic mass is 9.95. The molecule has 2 amide bonds. The van der Waals surface area contributed by atoms with Gasteiger partial charge in [0.25, 0.3) is 0 Å². The number of hydrogen-bond acceptors (Lipinski definition) is 7. The van der Waals surface area contributed by atoms with E-state index in [2.05, 4.69) is 20.8 Å². The second-order valence-corrected chi connectivity index (χ2v) is 7.10. The zero-order valence-corrected chi connectivity index (χ0v) is 15.0. The van der Waals surface area contributed by atoms with Gasteiger partial charge in [-0.3, -0.25) is 0 Å². The highest BCUT2D eigenvalue weighted by Crippen LogP contribution is 2.30. The van der Waals surface area contributed by atoms with Crippen LogP contribution in [0, 0.1) is 0 Å². The van der Waals surface area contributed by atoms with Crippen LogP contribution in [0.4, 0.5) is 4.79 Å². The number of urea groups is 1.